The van der Waals surface area contributed by atoms with E-state index in [1.165, 1.54) is 35.1 Å². The number of hydrogen-bond donors (Lipinski definition) is 3. The van der Waals surface area contributed by atoms with Crippen LogP contribution in [0.2, 0.25) is 0 Å². The molecule has 0 amide bonds. The predicted octanol–water partition coefficient (Wildman–Crippen LogP) is 5.85. The molecule has 1 unspecified atom stereocenters. The molecule has 0 spiro atoms. The van der Waals surface area contributed by atoms with Gasteiger partial charge < -0.3 is 15.6 Å². The van der Waals surface area contributed by atoms with Crippen LogP contribution in [-0.4, -0.2) is 29.8 Å². The Bertz CT molecular complexity index is 1660. The van der Waals surface area contributed by atoms with Crippen molar-refractivity contribution in [2.24, 2.45) is 4.99 Å². The van der Waals surface area contributed by atoms with Crippen molar-refractivity contribution in [2.45, 2.75) is 44.2 Å². The van der Waals surface area contributed by atoms with Crippen LogP contribution in [0.15, 0.2) is 70.6 Å². The largest absolute Gasteiger partial charge is 0.354 e. The fraction of sp³-hybridized carbons (Fsp3) is 0.290. The van der Waals surface area contributed by atoms with Crippen LogP contribution >= 0.6 is 0 Å². The van der Waals surface area contributed by atoms with Crippen LogP contribution in [-0.2, 0) is 0 Å². The van der Waals surface area contributed by atoms with Crippen LogP contribution in [0.5, 0.6) is 0 Å². The predicted molar refractivity (Wildman–Crippen MR) is 149 cm³/mol. The Morgan fingerprint density at radius 3 is 2.24 bits per heavy atom. The number of H-pyrrole nitrogens is 1. The van der Waals surface area contributed by atoms with E-state index in [-0.39, 0.29) is 6.04 Å². The summed E-state index contributed by atoms with van der Waals surface area (Å²) in [5.74, 6) is -0.671. The van der Waals surface area contributed by atoms with Crippen molar-refractivity contribution in [1.82, 2.24) is 15.6 Å². The standard InChI is InChI=1S/C31H29FN4O/c32-29-30(26-4-2-12-34-26)36-27-15-22(9-10-24(27)31(29)37)20-6-5-19-14-21(8-7-18(19)13-20)23-16-28(35-17-23)25-3-1-11-33-25/h5-10,13-15,17,25-26,33-34H,1-4,11-12,16H2,(H,36,37)/t25-,26?/m0/s1. The van der Waals surface area contributed by atoms with Gasteiger partial charge in [0.25, 0.3) is 0 Å². The molecule has 7 rings (SSSR count). The van der Waals surface area contributed by atoms with Crippen LogP contribution in [0, 0.1) is 5.82 Å². The summed E-state index contributed by atoms with van der Waals surface area (Å²) in [4.78, 5) is 20.7. The number of benzene rings is 3. The number of pyridine rings is 1. The molecule has 4 aromatic rings. The Morgan fingerprint density at radius 2 is 1.49 bits per heavy atom. The summed E-state index contributed by atoms with van der Waals surface area (Å²) in [5, 5.41) is 9.56. The summed E-state index contributed by atoms with van der Waals surface area (Å²) in [5.41, 5.74) is 6.30. The van der Waals surface area contributed by atoms with E-state index in [9.17, 15) is 9.18 Å². The molecular weight excluding hydrogens is 463 g/mol. The van der Waals surface area contributed by atoms with Crippen molar-refractivity contribution in [3.8, 4) is 11.1 Å². The number of nitrogens with one attached hydrogen (secondary N) is 3. The van der Waals surface area contributed by atoms with Crippen LogP contribution in [0.4, 0.5) is 4.39 Å². The van der Waals surface area contributed by atoms with E-state index in [4.69, 9.17) is 4.99 Å². The molecule has 3 aromatic carbocycles. The maximum Gasteiger partial charge on any atom is 0.225 e. The number of aliphatic imine (C=N–C) groups is 1. The van der Waals surface area contributed by atoms with Gasteiger partial charge in [-0.3, -0.25) is 9.79 Å². The zero-order chi connectivity index (χ0) is 24.9. The molecule has 3 N–H and O–H groups in total. The number of hydrogen-bond acceptors (Lipinski definition) is 4. The fourth-order valence-corrected chi connectivity index (χ4v) is 6.07. The van der Waals surface area contributed by atoms with Gasteiger partial charge in [0.15, 0.2) is 5.82 Å². The van der Waals surface area contributed by atoms with Crippen molar-refractivity contribution in [3.05, 3.63) is 88.1 Å². The number of aromatic amines is 1. The highest BCUT2D eigenvalue weighted by Gasteiger charge is 2.24. The molecule has 1 aromatic heterocycles. The number of allylic oxidation sites excluding steroid dienone is 1. The van der Waals surface area contributed by atoms with Gasteiger partial charge in [-0.05, 0) is 96.1 Å². The Kier molecular flexibility index (Phi) is 5.52. The van der Waals surface area contributed by atoms with Crippen LogP contribution in [0.3, 0.4) is 0 Å². The van der Waals surface area contributed by atoms with Gasteiger partial charge in [-0.25, -0.2) is 4.39 Å². The maximum absolute atomic E-state index is 14.8. The van der Waals surface area contributed by atoms with Gasteiger partial charge in [-0.2, -0.15) is 0 Å². The van der Waals surface area contributed by atoms with Gasteiger partial charge in [0, 0.05) is 29.8 Å². The maximum atomic E-state index is 14.8. The Morgan fingerprint density at radius 1 is 0.811 bits per heavy atom. The average Bonchev–Trinajstić information content (AvgIpc) is 3.72. The Hall–Kier alpha value is -3.61. The van der Waals surface area contributed by atoms with Gasteiger partial charge in [0.2, 0.25) is 5.43 Å². The van der Waals surface area contributed by atoms with E-state index in [1.54, 1.807) is 6.07 Å². The van der Waals surface area contributed by atoms with Crippen molar-refractivity contribution in [2.75, 3.05) is 13.1 Å². The normalized spacial score (nSPS) is 21.6. The minimum Gasteiger partial charge on any atom is -0.354 e. The highest BCUT2D eigenvalue weighted by atomic mass is 19.1. The van der Waals surface area contributed by atoms with E-state index in [0.29, 0.717) is 22.6 Å². The van der Waals surface area contributed by atoms with Gasteiger partial charge >= 0.3 is 0 Å². The molecule has 0 radical (unpaired) electrons. The zero-order valence-electron chi connectivity index (χ0n) is 20.6. The van der Waals surface area contributed by atoms with Crippen LogP contribution < -0.4 is 16.1 Å². The molecule has 2 fully saturated rings. The first kappa shape index (κ1) is 22.6. The SMILES string of the molecule is O=c1c(F)c(C2CCCN2)[nH]c2cc(-c3ccc4cc(C5=CN=C([C@@H]6CCCN6)C5)ccc4c3)ccc12. The number of aromatic nitrogens is 1. The zero-order valence-corrected chi connectivity index (χ0v) is 20.6. The molecule has 3 aliphatic heterocycles. The second-order valence-corrected chi connectivity index (χ2v) is 10.5. The van der Waals surface area contributed by atoms with Gasteiger partial charge in [0.1, 0.15) is 0 Å². The Balaban J connectivity index is 1.19. The summed E-state index contributed by atoms with van der Waals surface area (Å²) in [6.45, 7) is 1.92. The van der Waals surface area contributed by atoms with Crippen LogP contribution in [0.1, 0.15) is 49.4 Å². The van der Waals surface area contributed by atoms with E-state index in [0.717, 1.165) is 48.9 Å². The molecule has 37 heavy (non-hydrogen) atoms. The van der Waals surface area contributed by atoms with Gasteiger partial charge in [-0.1, -0.05) is 30.3 Å². The van der Waals surface area contributed by atoms with E-state index >= 15 is 0 Å². The van der Waals surface area contributed by atoms with E-state index in [2.05, 4.69) is 52.0 Å². The lowest BCUT2D eigenvalue weighted by Crippen LogP contribution is -2.29. The number of halogens is 1. The van der Waals surface area contributed by atoms with Gasteiger partial charge in [0.05, 0.1) is 17.3 Å². The topological polar surface area (TPSA) is 69.3 Å². The third kappa shape index (κ3) is 4.01. The van der Waals surface area contributed by atoms with Gasteiger partial charge in [-0.15, -0.1) is 0 Å². The summed E-state index contributed by atoms with van der Waals surface area (Å²) >= 11 is 0. The molecule has 2 atom stereocenters. The van der Waals surface area contributed by atoms with Crippen molar-refractivity contribution in [1.29, 1.82) is 0 Å². The minimum atomic E-state index is -0.671. The third-order valence-corrected chi connectivity index (χ3v) is 8.14. The molecule has 0 saturated carbocycles. The number of rotatable bonds is 4. The van der Waals surface area contributed by atoms with E-state index in [1.807, 2.05) is 18.3 Å². The minimum absolute atomic E-state index is 0.137. The quantitative estimate of drug-likeness (QED) is 0.335. The molecule has 3 aliphatic rings. The molecular formula is C31H29FN4O. The van der Waals surface area contributed by atoms with Crippen LogP contribution in [0.25, 0.3) is 38.4 Å². The lowest BCUT2D eigenvalue weighted by Gasteiger charge is -2.14. The van der Waals surface area contributed by atoms with Crippen molar-refractivity contribution in [3.63, 3.8) is 0 Å². The van der Waals surface area contributed by atoms with Crippen molar-refractivity contribution < 1.29 is 4.39 Å². The second kappa shape index (κ2) is 9.05. The highest BCUT2D eigenvalue weighted by Crippen LogP contribution is 2.32. The monoisotopic (exact) mass is 492 g/mol. The summed E-state index contributed by atoms with van der Waals surface area (Å²) in [7, 11) is 0. The number of nitrogens with zero attached hydrogens (tertiary/aromatic N) is 1. The lowest BCUT2D eigenvalue weighted by atomic mass is 9.95. The Labute approximate surface area is 214 Å². The summed E-state index contributed by atoms with van der Waals surface area (Å²) < 4.78 is 14.8. The molecule has 5 nitrogen and oxygen atoms in total. The molecule has 6 heteroatoms. The fourth-order valence-electron chi connectivity index (χ4n) is 6.07. The molecule has 0 aliphatic carbocycles. The average molecular weight is 493 g/mol. The smallest absolute Gasteiger partial charge is 0.225 e. The summed E-state index contributed by atoms with van der Waals surface area (Å²) in [6, 6.07) is 18.9. The molecule has 4 heterocycles. The molecule has 186 valence electrons. The lowest BCUT2D eigenvalue weighted by molar-refractivity contribution is 0.538. The first-order valence-corrected chi connectivity index (χ1v) is 13.3. The molecule has 0 bridgehead atoms. The van der Waals surface area contributed by atoms with Crippen molar-refractivity contribution >= 4 is 33.0 Å². The second-order valence-electron chi connectivity index (χ2n) is 10.5. The third-order valence-electron chi connectivity index (χ3n) is 8.14. The van der Waals surface area contributed by atoms with E-state index < -0.39 is 11.2 Å². The summed E-state index contributed by atoms with van der Waals surface area (Å²) in [6.07, 6.45) is 7.14. The first-order valence-electron chi connectivity index (χ1n) is 13.3. The number of fused-ring (bicyclic) bond motifs is 2. The highest BCUT2D eigenvalue weighted by molar-refractivity contribution is 6.02. The molecule has 2 saturated heterocycles. The first-order chi connectivity index (χ1) is 18.1.